The van der Waals surface area contributed by atoms with Crippen LogP contribution in [0.2, 0.25) is 0 Å². The van der Waals surface area contributed by atoms with Crippen LogP contribution in [0.1, 0.15) is 45.4 Å². The van der Waals surface area contributed by atoms with E-state index in [1.54, 1.807) is 0 Å². The summed E-state index contributed by atoms with van der Waals surface area (Å²) in [5.74, 6) is 0. The van der Waals surface area contributed by atoms with Gasteiger partial charge in [-0.3, -0.25) is 0 Å². The van der Waals surface area contributed by atoms with Gasteiger partial charge in [0.05, 0.1) is 27.2 Å². The van der Waals surface area contributed by atoms with Gasteiger partial charge in [-0.1, -0.05) is 32.6 Å². The van der Waals surface area contributed by atoms with Crippen molar-refractivity contribution in [2.45, 2.75) is 69.8 Å². The molecule has 2 saturated heterocycles. The lowest BCUT2D eigenvalue weighted by molar-refractivity contribution is -0.916. The average molecular weight is 286 g/mol. The summed E-state index contributed by atoms with van der Waals surface area (Å²) in [6, 6.07) is 0.368. The fraction of sp³-hybridized carbons (Fsp3) is 1.00. The molecule has 2 aliphatic heterocycles. The normalized spacial score (nSPS) is 33.6. The van der Waals surface area contributed by atoms with Crippen LogP contribution in [-0.2, 0) is 9.47 Å². The first-order chi connectivity index (χ1) is 9.56. The van der Waals surface area contributed by atoms with Gasteiger partial charge >= 0.3 is 0 Å². The lowest BCUT2D eigenvalue weighted by Crippen LogP contribution is -2.55. The van der Waals surface area contributed by atoms with E-state index in [1.165, 1.54) is 45.1 Å². The molecule has 0 aromatic heterocycles. The van der Waals surface area contributed by atoms with E-state index in [2.05, 4.69) is 21.0 Å². The van der Waals surface area contributed by atoms with Gasteiger partial charge in [0.25, 0.3) is 0 Å². The number of aliphatic hydroxyl groups is 1. The molecule has 0 aromatic rings. The van der Waals surface area contributed by atoms with Crippen LogP contribution in [0.3, 0.4) is 0 Å². The van der Waals surface area contributed by atoms with Crippen molar-refractivity contribution in [2.24, 2.45) is 0 Å². The molecule has 2 heterocycles. The van der Waals surface area contributed by atoms with Crippen LogP contribution >= 0.6 is 0 Å². The van der Waals surface area contributed by atoms with E-state index in [0.29, 0.717) is 12.6 Å². The lowest BCUT2D eigenvalue weighted by atomic mass is 10.0. The van der Waals surface area contributed by atoms with E-state index in [0.717, 1.165) is 11.1 Å². The third kappa shape index (κ3) is 3.73. The molecular weight excluding hydrogens is 254 g/mol. The zero-order chi connectivity index (χ0) is 14.6. The predicted molar refractivity (Wildman–Crippen MR) is 79.6 cm³/mol. The second-order valence-corrected chi connectivity index (χ2v) is 7.00. The van der Waals surface area contributed by atoms with Crippen LogP contribution in [0.15, 0.2) is 0 Å². The number of nitrogens with zero attached hydrogens (tertiary/aromatic N) is 1. The monoisotopic (exact) mass is 286 g/mol. The molecular formula is C16H32NO3+. The number of hydrogen-bond acceptors (Lipinski definition) is 3. The lowest BCUT2D eigenvalue weighted by Gasteiger charge is -2.37. The quantitative estimate of drug-likeness (QED) is 0.547. The Morgan fingerprint density at radius 1 is 0.950 bits per heavy atom. The van der Waals surface area contributed by atoms with Gasteiger partial charge in [0, 0.05) is 0 Å². The van der Waals surface area contributed by atoms with Crippen molar-refractivity contribution in [3.63, 3.8) is 0 Å². The summed E-state index contributed by atoms with van der Waals surface area (Å²) in [5.41, 5.74) is 0. The summed E-state index contributed by atoms with van der Waals surface area (Å²) in [7, 11) is 4.55. The minimum Gasteiger partial charge on any atom is -0.388 e. The predicted octanol–water partition coefficient (Wildman–Crippen LogP) is 1.95. The molecule has 2 aliphatic rings. The largest absolute Gasteiger partial charge is 0.388 e. The van der Waals surface area contributed by atoms with Crippen LogP contribution in [0.5, 0.6) is 0 Å². The highest BCUT2D eigenvalue weighted by Crippen LogP contribution is 2.32. The van der Waals surface area contributed by atoms with Crippen LogP contribution < -0.4 is 0 Å². The molecule has 1 N–H and O–H groups in total. The number of rotatable bonds is 8. The molecule has 118 valence electrons. The van der Waals surface area contributed by atoms with Crippen molar-refractivity contribution in [1.82, 2.24) is 0 Å². The Labute approximate surface area is 123 Å². The SMILES string of the molecule is CCCCCCCC[N+](C)(C)[C@H]1CO[C@H]2[C@@H]1OC[C@@H]2O. The summed E-state index contributed by atoms with van der Waals surface area (Å²) < 4.78 is 12.5. The highest BCUT2D eigenvalue weighted by Gasteiger charge is 2.53. The highest BCUT2D eigenvalue weighted by molar-refractivity contribution is 4.95. The zero-order valence-electron chi connectivity index (χ0n) is 13.4. The summed E-state index contributed by atoms with van der Waals surface area (Å²) in [5, 5.41) is 9.82. The number of likely N-dealkylation sites (N-methyl/N-ethyl adjacent to an activating group) is 1. The van der Waals surface area contributed by atoms with Crippen molar-refractivity contribution < 1.29 is 19.1 Å². The Hall–Kier alpha value is -0.160. The van der Waals surface area contributed by atoms with E-state index in [-0.39, 0.29) is 12.2 Å². The highest BCUT2D eigenvalue weighted by atomic mass is 16.6. The Morgan fingerprint density at radius 2 is 1.60 bits per heavy atom. The van der Waals surface area contributed by atoms with Crippen LogP contribution in [-0.4, -0.2) is 67.8 Å². The number of fused-ring (bicyclic) bond motifs is 1. The van der Waals surface area contributed by atoms with Crippen molar-refractivity contribution in [3.05, 3.63) is 0 Å². The summed E-state index contributed by atoms with van der Waals surface area (Å²) in [6.45, 7) is 4.58. The minimum atomic E-state index is -0.431. The van der Waals surface area contributed by atoms with Crippen molar-refractivity contribution >= 4 is 0 Å². The van der Waals surface area contributed by atoms with E-state index in [9.17, 15) is 5.11 Å². The van der Waals surface area contributed by atoms with Gasteiger partial charge in [-0.15, -0.1) is 0 Å². The van der Waals surface area contributed by atoms with Gasteiger partial charge in [-0.2, -0.15) is 0 Å². The maximum Gasteiger partial charge on any atom is 0.141 e. The maximum absolute atomic E-state index is 9.82. The van der Waals surface area contributed by atoms with Gasteiger partial charge in [0.2, 0.25) is 0 Å². The Morgan fingerprint density at radius 3 is 2.35 bits per heavy atom. The molecule has 0 aromatic carbocycles. The smallest absolute Gasteiger partial charge is 0.141 e. The average Bonchev–Trinajstić information content (AvgIpc) is 2.97. The molecule has 0 amide bonds. The van der Waals surface area contributed by atoms with E-state index < -0.39 is 6.10 Å². The third-order valence-electron chi connectivity index (χ3n) is 4.99. The Balaban J connectivity index is 1.73. The zero-order valence-corrected chi connectivity index (χ0v) is 13.4. The fourth-order valence-electron chi connectivity index (χ4n) is 3.52. The number of aliphatic hydroxyl groups excluding tert-OH is 1. The van der Waals surface area contributed by atoms with E-state index >= 15 is 0 Å². The van der Waals surface area contributed by atoms with Crippen molar-refractivity contribution in [3.8, 4) is 0 Å². The topological polar surface area (TPSA) is 38.7 Å². The number of hydrogen-bond donors (Lipinski definition) is 1. The van der Waals surface area contributed by atoms with E-state index in [1.807, 2.05) is 0 Å². The first kappa shape index (κ1) is 16.2. The molecule has 0 aliphatic carbocycles. The maximum atomic E-state index is 9.82. The van der Waals surface area contributed by atoms with E-state index in [4.69, 9.17) is 9.47 Å². The molecule has 4 nitrogen and oxygen atoms in total. The van der Waals surface area contributed by atoms with Crippen LogP contribution in [0.25, 0.3) is 0 Å². The first-order valence-electron chi connectivity index (χ1n) is 8.30. The van der Waals surface area contributed by atoms with Gasteiger partial charge in [0.15, 0.2) is 0 Å². The third-order valence-corrected chi connectivity index (χ3v) is 4.99. The Bertz CT molecular complexity index is 295. The first-order valence-corrected chi connectivity index (χ1v) is 8.30. The van der Waals surface area contributed by atoms with Gasteiger partial charge in [-0.05, 0) is 12.8 Å². The van der Waals surface area contributed by atoms with Crippen molar-refractivity contribution in [2.75, 3.05) is 33.9 Å². The molecule has 0 radical (unpaired) electrons. The molecule has 0 unspecified atom stereocenters. The molecule has 20 heavy (non-hydrogen) atoms. The molecule has 4 heteroatoms. The minimum absolute atomic E-state index is 0.0834. The van der Waals surface area contributed by atoms with Gasteiger partial charge < -0.3 is 19.1 Å². The second kappa shape index (κ2) is 7.21. The summed E-state index contributed by atoms with van der Waals surface area (Å²) in [4.78, 5) is 0. The second-order valence-electron chi connectivity index (χ2n) is 7.00. The van der Waals surface area contributed by atoms with Crippen molar-refractivity contribution in [1.29, 1.82) is 0 Å². The van der Waals surface area contributed by atoms with Gasteiger partial charge in [0.1, 0.15) is 31.0 Å². The summed E-state index contributed by atoms with van der Waals surface area (Å²) >= 11 is 0. The number of ether oxygens (including phenoxy) is 2. The van der Waals surface area contributed by atoms with Crippen LogP contribution in [0.4, 0.5) is 0 Å². The fourth-order valence-corrected chi connectivity index (χ4v) is 3.52. The molecule has 0 bridgehead atoms. The number of unbranched alkanes of at least 4 members (excludes halogenated alkanes) is 5. The Kier molecular flexibility index (Phi) is 5.84. The molecule has 2 rings (SSSR count). The number of quaternary nitrogens is 1. The molecule has 2 fully saturated rings. The standard InChI is InChI=1S/C16H32NO3/c1-4-5-6-7-8-9-10-17(2,3)13-11-19-16-14(18)12-20-15(13)16/h13-16,18H,4-12H2,1-3H3/q+1/t13-,14-,15+,16+/m0/s1. The summed E-state index contributed by atoms with van der Waals surface area (Å²) in [6.07, 6.45) is 7.56. The molecule has 4 atom stereocenters. The molecule has 0 spiro atoms. The molecule has 0 saturated carbocycles. The van der Waals surface area contributed by atoms with Gasteiger partial charge in [-0.25, -0.2) is 0 Å². The van der Waals surface area contributed by atoms with Crippen LogP contribution in [0, 0.1) is 0 Å².